The maximum absolute atomic E-state index is 12.0. The summed E-state index contributed by atoms with van der Waals surface area (Å²) in [7, 11) is 0. The zero-order valence-corrected chi connectivity index (χ0v) is 10.9. The zero-order valence-electron chi connectivity index (χ0n) is 10.1. The van der Waals surface area contributed by atoms with Gasteiger partial charge in [-0.2, -0.15) is 5.26 Å². The van der Waals surface area contributed by atoms with Gasteiger partial charge in [0.2, 0.25) is 0 Å². The summed E-state index contributed by atoms with van der Waals surface area (Å²) >= 11 is 5.80. The van der Waals surface area contributed by atoms with Crippen LogP contribution in [0.1, 0.15) is 18.9 Å². The molecule has 0 heterocycles. The van der Waals surface area contributed by atoms with Gasteiger partial charge < -0.3 is 4.74 Å². The van der Waals surface area contributed by atoms with E-state index in [9.17, 15) is 10.1 Å². The first kappa shape index (κ1) is 14.3. The number of rotatable bonds is 5. The molecule has 0 aliphatic carbocycles. The van der Waals surface area contributed by atoms with Crippen LogP contribution in [0.2, 0.25) is 5.02 Å². The molecule has 1 atom stereocenters. The lowest BCUT2D eigenvalue weighted by atomic mass is 9.79. The summed E-state index contributed by atoms with van der Waals surface area (Å²) in [5.74, 6) is -0.560. The molecule has 0 radical (unpaired) electrons. The third-order valence-electron chi connectivity index (χ3n) is 2.60. The van der Waals surface area contributed by atoms with Crippen molar-refractivity contribution < 1.29 is 9.53 Å². The number of halogens is 1. The molecule has 3 nitrogen and oxygen atoms in total. The minimum absolute atomic E-state index is 0.198. The molecule has 0 aliphatic rings. The lowest BCUT2D eigenvalue weighted by Crippen LogP contribution is -2.35. The topological polar surface area (TPSA) is 50.1 Å². The quantitative estimate of drug-likeness (QED) is 0.605. The number of carbonyl (C=O) groups is 1. The molecule has 1 rings (SSSR count). The average molecular weight is 264 g/mol. The van der Waals surface area contributed by atoms with Crippen LogP contribution in [0.5, 0.6) is 0 Å². The van der Waals surface area contributed by atoms with Gasteiger partial charge in [-0.15, -0.1) is 6.58 Å². The molecule has 4 heteroatoms. The van der Waals surface area contributed by atoms with E-state index in [0.717, 1.165) is 0 Å². The monoisotopic (exact) mass is 263 g/mol. The minimum Gasteiger partial charge on any atom is -0.465 e. The van der Waals surface area contributed by atoms with Gasteiger partial charge in [-0.3, -0.25) is 0 Å². The minimum atomic E-state index is -1.34. The van der Waals surface area contributed by atoms with Crippen LogP contribution in [-0.2, 0) is 14.9 Å². The first-order valence-corrected chi connectivity index (χ1v) is 5.94. The molecule has 94 valence electrons. The molecule has 0 saturated carbocycles. The van der Waals surface area contributed by atoms with Crippen LogP contribution in [-0.4, -0.2) is 12.6 Å². The third-order valence-corrected chi connectivity index (χ3v) is 2.85. The highest BCUT2D eigenvalue weighted by Crippen LogP contribution is 2.30. The van der Waals surface area contributed by atoms with Crippen LogP contribution in [0, 0.1) is 11.3 Å². The van der Waals surface area contributed by atoms with Crippen molar-refractivity contribution in [1.82, 2.24) is 0 Å². The Morgan fingerprint density at radius 1 is 1.56 bits per heavy atom. The van der Waals surface area contributed by atoms with Gasteiger partial charge in [-0.1, -0.05) is 29.8 Å². The van der Waals surface area contributed by atoms with Gasteiger partial charge in [0.1, 0.15) is 0 Å². The number of esters is 1. The Balaban J connectivity index is 3.27. The fourth-order valence-electron chi connectivity index (χ4n) is 1.68. The van der Waals surface area contributed by atoms with Crippen molar-refractivity contribution in [3.8, 4) is 6.07 Å². The van der Waals surface area contributed by atoms with Crippen molar-refractivity contribution in [1.29, 1.82) is 5.26 Å². The molecular formula is C14H14ClNO2. The van der Waals surface area contributed by atoms with Gasteiger partial charge in [0.25, 0.3) is 0 Å². The normalized spacial score (nSPS) is 13.2. The summed E-state index contributed by atoms with van der Waals surface area (Å²) in [4.78, 5) is 12.0. The van der Waals surface area contributed by atoms with E-state index in [2.05, 4.69) is 6.58 Å². The molecule has 1 unspecified atom stereocenters. The predicted octanol–water partition coefficient (Wildman–Crippen LogP) is 3.24. The van der Waals surface area contributed by atoms with Crippen molar-refractivity contribution in [2.45, 2.75) is 18.8 Å². The fraction of sp³-hybridized carbons (Fsp3) is 0.286. The summed E-state index contributed by atoms with van der Waals surface area (Å²) in [6.45, 7) is 5.53. The van der Waals surface area contributed by atoms with Crippen LogP contribution >= 0.6 is 11.6 Å². The summed E-state index contributed by atoms with van der Waals surface area (Å²) < 4.78 is 4.99. The van der Waals surface area contributed by atoms with Gasteiger partial charge in [-0.25, -0.2) is 4.79 Å². The van der Waals surface area contributed by atoms with Crippen LogP contribution in [0.3, 0.4) is 0 Å². The number of nitriles is 1. The fourth-order valence-corrected chi connectivity index (χ4v) is 1.81. The number of ether oxygens (including phenoxy) is 1. The maximum atomic E-state index is 12.0. The maximum Gasteiger partial charge on any atom is 0.331 e. The average Bonchev–Trinajstić information content (AvgIpc) is 2.37. The Morgan fingerprint density at radius 3 is 2.61 bits per heavy atom. The summed E-state index contributed by atoms with van der Waals surface area (Å²) in [6, 6.07) is 8.65. The van der Waals surface area contributed by atoms with E-state index in [1.165, 1.54) is 6.08 Å². The van der Waals surface area contributed by atoms with Crippen LogP contribution in [0.4, 0.5) is 0 Å². The number of benzene rings is 1. The van der Waals surface area contributed by atoms with E-state index >= 15 is 0 Å². The molecule has 1 aromatic rings. The summed E-state index contributed by atoms with van der Waals surface area (Å²) in [6.07, 6.45) is 1.73. The van der Waals surface area contributed by atoms with Crippen LogP contribution < -0.4 is 0 Å². The van der Waals surface area contributed by atoms with Gasteiger partial charge in [0.15, 0.2) is 5.41 Å². The van der Waals surface area contributed by atoms with Gasteiger partial charge in [-0.05, 0) is 31.0 Å². The van der Waals surface area contributed by atoms with Gasteiger partial charge >= 0.3 is 5.97 Å². The Morgan fingerprint density at radius 2 is 2.17 bits per heavy atom. The highest BCUT2D eigenvalue weighted by atomic mass is 35.5. The molecule has 0 aromatic heterocycles. The zero-order chi connectivity index (χ0) is 13.6. The molecule has 0 saturated heterocycles. The molecule has 0 bridgehead atoms. The van der Waals surface area contributed by atoms with Crippen LogP contribution in [0.15, 0.2) is 36.9 Å². The molecule has 18 heavy (non-hydrogen) atoms. The Bertz CT molecular complexity index is 476. The molecular weight excluding hydrogens is 250 g/mol. The second-order valence-electron chi connectivity index (χ2n) is 3.74. The van der Waals surface area contributed by atoms with Gasteiger partial charge in [0, 0.05) is 5.02 Å². The lowest BCUT2D eigenvalue weighted by molar-refractivity contribution is -0.147. The van der Waals surface area contributed by atoms with E-state index in [0.29, 0.717) is 10.6 Å². The number of nitrogens with zero attached hydrogens (tertiary/aromatic N) is 1. The molecule has 0 N–H and O–H groups in total. The molecule has 1 aromatic carbocycles. The molecule has 0 amide bonds. The van der Waals surface area contributed by atoms with E-state index in [-0.39, 0.29) is 13.0 Å². The summed E-state index contributed by atoms with van der Waals surface area (Å²) in [5.41, 5.74) is -0.782. The summed E-state index contributed by atoms with van der Waals surface area (Å²) in [5, 5.41) is 9.94. The largest absolute Gasteiger partial charge is 0.465 e. The first-order chi connectivity index (χ1) is 8.60. The standard InChI is InChI=1S/C14H14ClNO2/c1-3-9-14(10-16,13(17)18-4-2)11-5-7-12(15)8-6-11/h3,5-8H,1,4,9H2,2H3. The van der Waals surface area contributed by atoms with Crippen molar-refractivity contribution in [3.63, 3.8) is 0 Å². The van der Waals surface area contributed by atoms with Crippen LogP contribution in [0.25, 0.3) is 0 Å². The number of hydrogen-bond acceptors (Lipinski definition) is 3. The first-order valence-electron chi connectivity index (χ1n) is 5.56. The van der Waals surface area contributed by atoms with Crippen molar-refractivity contribution in [2.24, 2.45) is 0 Å². The Hall–Kier alpha value is -1.79. The number of hydrogen-bond donors (Lipinski definition) is 0. The number of carbonyl (C=O) groups excluding carboxylic acids is 1. The second-order valence-corrected chi connectivity index (χ2v) is 4.17. The van der Waals surface area contributed by atoms with E-state index in [1.54, 1.807) is 31.2 Å². The van der Waals surface area contributed by atoms with E-state index in [1.807, 2.05) is 6.07 Å². The molecule has 0 fully saturated rings. The van der Waals surface area contributed by atoms with E-state index in [4.69, 9.17) is 16.3 Å². The highest BCUT2D eigenvalue weighted by molar-refractivity contribution is 6.30. The number of allylic oxidation sites excluding steroid dienone is 1. The predicted molar refractivity (Wildman–Crippen MR) is 70.2 cm³/mol. The molecule has 0 aliphatic heterocycles. The van der Waals surface area contributed by atoms with Gasteiger partial charge in [0.05, 0.1) is 12.7 Å². The van der Waals surface area contributed by atoms with Crippen molar-refractivity contribution in [2.75, 3.05) is 6.61 Å². The van der Waals surface area contributed by atoms with Crippen molar-refractivity contribution >= 4 is 17.6 Å². The Labute approximate surface area is 112 Å². The SMILES string of the molecule is C=CCC(C#N)(C(=O)OCC)c1ccc(Cl)cc1. The smallest absolute Gasteiger partial charge is 0.331 e. The van der Waals surface area contributed by atoms with E-state index < -0.39 is 11.4 Å². The van der Waals surface area contributed by atoms with Crippen molar-refractivity contribution in [3.05, 3.63) is 47.5 Å². The molecule has 0 spiro atoms. The third kappa shape index (κ3) is 2.72. The Kier molecular flexibility index (Phi) is 4.94. The highest BCUT2D eigenvalue weighted by Gasteiger charge is 2.41. The second kappa shape index (κ2) is 6.23. The lowest BCUT2D eigenvalue weighted by Gasteiger charge is -2.23.